The van der Waals surface area contributed by atoms with E-state index >= 15 is 0 Å². The number of ether oxygens (including phenoxy) is 2. The van der Waals surface area contributed by atoms with Crippen molar-refractivity contribution in [2.75, 3.05) is 0 Å². The van der Waals surface area contributed by atoms with Gasteiger partial charge in [-0.1, -0.05) is 55.5 Å². The number of hydrogen-bond donors (Lipinski definition) is 1. The number of Topliss-reactive ketones (excluding diaryl/α,β-unsaturated/α-hetero) is 1. The van der Waals surface area contributed by atoms with Crippen LogP contribution in [0.1, 0.15) is 76.8 Å². The zero-order valence-corrected chi connectivity index (χ0v) is 21.1. The molecule has 0 spiro atoms. The number of hydrogen-bond acceptors (Lipinski definition) is 5. The Balaban J connectivity index is 1.19. The normalized spacial score (nSPS) is 28.1. The number of carbonyl (C=O) groups excluding carboxylic acids is 2. The lowest BCUT2D eigenvalue weighted by atomic mass is 9.55. The third kappa shape index (κ3) is 4.20. The van der Waals surface area contributed by atoms with Crippen molar-refractivity contribution in [3.05, 3.63) is 95.1 Å². The summed E-state index contributed by atoms with van der Waals surface area (Å²) in [6, 6.07) is 22.6. The first-order valence-corrected chi connectivity index (χ1v) is 13.3. The van der Waals surface area contributed by atoms with E-state index in [9.17, 15) is 14.7 Å². The van der Waals surface area contributed by atoms with Crippen molar-refractivity contribution in [3.8, 4) is 11.5 Å². The molecule has 0 aliphatic heterocycles. The van der Waals surface area contributed by atoms with Crippen LogP contribution in [0.15, 0.2) is 72.8 Å². The fourth-order valence-electron chi connectivity index (χ4n) is 7.20. The van der Waals surface area contributed by atoms with Crippen LogP contribution in [0.4, 0.5) is 0 Å². The first-order chi connectivity index (χ1) is 17.9. The smallest absolute Gasteiger partial charge is 0.342 e. The quantitative estimate of drug-likeness (QED) is 0.398. The van der Waals surface area contributed by atoms with Crippen molar-refractivity contribution in [2.24, 2.45) is 17.3 Å². The van der Waals surface area contributed by atoms with Crippen molar-refractivity contribution in [3.63, 3.8) is 0 Å². The summed E-state index contributed by atoms with van der Waals surface area (Å²) in [7, 11) is 0. The van der Waals surface area contributed by atoms with E-state index in [0.717, 1.165) is 48.1 Å². The predicted molar refractivity (Wildman–Crippen MR) is 140 cm³/mol. The Hall–Kier alpha value is -3.60. The Labute approximate surface area is 217 Å². The number of phenols is 1. The second-order valence-corrected chi connectivity index (χ2v) is 11.1. The van der Waals surface area contributed by atoms with E-state index in [1.165, 1.54) is 6.07 Å². The van der Waals surface area contributed by atoms with Crippen molar-refractivity contribution in [1.82, 2.24) is 0 Å². The third-order valence-corrected chi connectivity index (χ3v) is 9.12. The van der Waals surface area contributed by atoms with E-state index in [1.807, 2.05) is 42.5 Å². The Morgan fingerprint density at radius 2 is 1.78 bits per heavy atom. The van der Waals surface area contributed by atoms with Gasteiger partial charge in [0, 0.05) is 17.4 Å². The van der Waals surface area contributed by atoms with Crippen LogP contribution in [0, 0.1) is 17.3 Å². The summed E-state index contributed by atoms with van der Waals surface area (Å²) in [5.41, 5.74) is 3.07. The largest absolute Gasteiger partial charge is 0.507 e. The second-order valence-electron chi connectivity index (χ2n) is 11.1. The molecule has 3 aromatic rings. The van der Waals surface area contributed by atoms with Crippen molar-refractivity contribution in [1.29, 1.82) is 0 Å². The lowest BCUT2D eigenvalue weighted by Gasteiger charge is -2.50. The van der Waals surface area contributed by atoms with Gasteiger partial charge in [0.2, 0.25) is 0 Å². The minimum absolute atomic E-state index is 0.0579. The van der Waals surface area contributed by atoms with Gasteiger partial charge in [-0.2, -0.15) is 0 Å². The van der Waals surface area contributed by atoms with Crippen LogP contribution in [0.3, 0.4) is 0 Å². The maximum absolute atomic E-state index is 13.4. The van der Waals surface area contributed by atoms with Gasteiger partial charge in [0.1, 0.15) is 29.8 Å². The molecule has 2 saturated carbocycles. The molecule has 0 amide bonds. The summed E-state index contributed by atoms with van der Waals surface area (Å²) in [5, 5.41) is 10.1. The average Bonchev–Trinajstić information content (AvgIpc) is 3.24. The number of esters is 1. The monoisotopic (exact) mass is 496 g/mol. The molecule has 3 aliphatic rings. The van der Waals surface area contributed by atoms with Crippen LogP contribution in [-0.4, -0.2) is 23.0 Å². The van der Waals surface area contributed by atoms with Gasteiger partial charge >= 0.3 is 5.97 Å². The second kappa shape index (κ2) is 9.37. The highest BCUT2D eigenvalue weighted by Crippen LogP contribution is 2.61. The molecule has 5 atom stereocenters. The topological polar surface area (TPSA) is 72.8 Å². The van der Waals surface area contributed by atoms with Crippen molar-refractivity contribution >= 4 is 11.8 Å². The first-order valence-electron chi connectivity index (χ1n) is 13.3. The molecule has 6 rings (SSSR count). The summed E-state index contributed by atoms with van der Waals surface area (Å²) in [5.74, 6) is 1.29. The standard InChI is InChI=1S/C32H32O5/c1-32-16-15-23-22-12-11-21(36-19-20-7-3-2-4-8-20)17-26(22)29(34)18-25(23)27(32)13-14-30(32)37-31(35)24-9-5-6-10-28(24)33/h2-12,17,23,25,27,30,33H,13-16,18-19H2,1H3/t23-,25-,27+,30+,32+/m1/s1. The van der Waals surface area contributed by atoms with Crippen molar-refractivity contribution in [2.45, 2.75) is 57.7 Å². The molecule has 37 heavy (non-hydrogen) atoms. The number of carbonyl (C=O) groups is 2. The van der Waals surface area contributed by atoms with Gasteiger partial charge in [-0.25, -0.2) is 4.79 Å². The summed E-state index contributed by atoms with van der Waals surface area (Å²) < 4.78 is 12.0. The molecule has 0 heterocycles. The van der Waals surface area contributed by atoms with E-state index in [2.05, 4.69) is 13.0 Å². The van der Waals surface area contributed by atoms with E-state index in [4.69, 9.17) is 9.47 Å². The van der Waals surface area contributed by atoms with Gasteiger partial charge in [-0.05, 0) is 78.8 Å². The summed E-state index contributed by atoms with van der Waals surface area (Å²) in [4.78, 5) is 26.2. The van der Waals surface area contributed by atoms with Gasteiger partial charge in [-0.15, -0.1) is 0 Å². The zero-order chi connectivity index (χ0) is 25.6. The predicted octanol–water partition coefficient (Wildman–Crippen LogP) is 6.69. The molecule has 0 radical (unpaired) electrons. The van der Waals surface area contributed by atoms with Gasteiger partial charge in [0.25, 0.3) is 0 Å². The van der Waals surface area contributed by atoms with Crippen LogP contribution in [-0.2, 0) is 11.3 Å². The minimum Gasteiger partial charge on any atom is -0.507 e. The van der Waals surface area contributed by atoms with Crippen LogP contribution in [0.25, 0.3) is 0 Å². The van der Waals surface area contributed by atoms with E-state index in [1.54, 1.807) is 18.2 Å². The van der Waals surface area contributed by atoms with Crippen LogP contribution in [0.5, 0.6) is 11.5 Å². The Morgan fingerprint density at radius 3 is 2.59 bits per heavy atom. The molecule has 1 N–H and O–H groups in total. The molecule has 3 aliphatic carbocycles. The number of fused-ring (bicyclic) bond motifs is 5. The molecule has 0 bridgehead atoms. The van der Waals surface area contributed by atoms with Gasteiger partial charge in [0.05, 0.1) is 0 Å². The fourth-order valence-corrected chi connectivity index (χ4v) is 7.20. The molecular formula is C32H32O5. The highest BCUT2D eigenvalue weighted by molar-refractivity contribution is 5.99. The molecule has 5 nitrogen and oxygen atoms in total. The van der Waals surface area contributed by atoms with Crippen LogP contribution >= 0.6 is 0 Å². The van der Waals surface area contributed by atoms with Gasteiger partial charge < -0.3 is 14.6 Å². The Morgan fingerprint density at radius 1 is 1.00 bits per heavy atom. The number of rotatable bonds is 5. The minimum atomic E-state index is -0.472. The molecule has 0 saturated heterocycles. The van der Waals surface area contributed by atoms with Gasteiger partial charge in [0.15, 0.2) is 5.78 Å². The zero-order valence-electron chi connectivity index (χ0n) is 21.1. The summed E-state index contributed by atoms with van der Waals surface area (Å²) in [6.07, 6.45) is 3.95. The van der Waals surface area contributed by atoms with E-state index in [-0.39, 0.29) is 34.5 Å². The summed E-state index contributed by atoms with van der Waals surface area (Å²) >= 11 is 0. The molecule has 190 valence electrons. The maximum atomic E-state index is 13.4. The highest BCUT2D eigenvalue weighted by atomic mass is 16.5. The molecule has 0 aromatic heterocycles. The van der Waals surface area contributed by atoms with E-state index < -0.39 is 5.97 Å². The lowest BCUT2D eigenvalue weighted by molar-refractivity contribution is -0.0416. The maximum Gasteiger partial charge on any atom is 0.342 e. The van der Waals surface area contributed by atoms with E-state index in [0.29, 0.717) is 24.9 Å². The molecule has 3 aromatic carbocycles. The number of benzene rings is 3. The first kappa shape index (κ1) is 23.8. The number of phenolic OH excluding ortho intramolecular Hbond substituents is 1. The fraction of sp³-hybridized carbons (Fsp3) is 0.375. The van der Waals surface area contributed by atoms with Crippen molar-refractivity contribution < 1.29 is 24.2 Å². The number of aromatic hydroxyl groups is 1. The Bertz CT molecular complexity index is 1330. The number of ketones is 1. The Kier molecular flexibility index (Phi) is 6.02. The molecule has 5 heteroatoms. The van der Waals surface area contributed by atoms with Crippen LogP contribution in [0.2, 0.25) is 0 Å². The SMILES string of the molecule is C[C@]12CC[C@@H]3c4ccc(OCc5ccccc5)cc4C(=O)C[C@H]3[C@@H]1CC[C@@H]2OC(=O)c1ccccc1O. The molecule has 2 fully saturated rings. The third-order valence-electron chi connectivity index (χ3n) is 9.12. The highest BCUT2D eigenvalue weighted by Gasteiger charge is 2.57. The lowest BCUT2D eigenvalue weighted by Crippen LogP contribution is -2.46. The van der Waals surface area contributed by atoms with Gasteiger partial charge in [-0.3, -0.25) is 4.79 Å². The summed E-state index contributed by atoms with van der Waals surface area (Å²) in [6.45, 7) is 2.70. The average molecular weight is 497 g/mol. The number of para-hydroxylation sites is 1. The molecule has 0 unspecified atom stereocenters. The molecular weight excluding hydrogens is 464 g/mol. The van der Waals surface area contributed by atoms with Crippen LogP contribution < -0.4 is 4.74 Å².